The number of carbonyl (C=O) groups excluding carboxylic acids is 1. The third kappa shape index (κ3) is 6.46. The lowest BCUT2D eigenvalue weighted by Gasteiger charge is -2.33. The number of ether oxygens (including phenoxy) is 1. The van der Waals surface area contributed by atoms with Crippen LogP contribution in [0.4, 0.5) is 4.39 Å². The first-order chi connectivity index (χ1) is 16.0. The van der Waals surface area contributed by atoms with E-state index >= 15 is 0 Å². The zero-order chi connectivity index (χ0) is 24.6. The van der Waals surface area contributed by atoms with E-state index in [4.69, 9.17) is 27.9 Å². The van der Waals surface area contributed by atoms with E-state index < -0.39 is 28.6 Å². The van der Waals surface area contributed by atoms with Crippen molar-refractivity contribution in [3.63, 3.8) is 0 Å². The molecule has 4 nitrogen and oxygen atoms in total. The lowest BCUT2D eigenvalue weighted by molar-refractivity contribution is 0.00645. The highest BCUT2D eigenvalue weighted by Crippen LogP contribution is 2.43. The van der Waals surface area contributed by atoms with Crippen LogP contribution in [0.1, 0.15) is 73.9 Å². The average Bonchev–Trinajstić information content (AvgIpc) is 3.57. The number of nitrogens with zero attached hydrogens (tertiary/aromatic N) is 1. The van der Waals surface area contributed by atoms with Crippen molar-refractivity contribution < 1.29 is 18.5 Å². The number of hydrogen-bond acceptors (Lipinski definition) is 4. The van der Waals surface area contributed by atoms with Crippen molar-refractivity contribution in [2.75, 3.05) is 13.1 Å². The molecule has 1 saturated carbocycles. The normalized spacial score (nSPS) is 18.7. The predicted octanol–water partition coefficient (Wildman–Crippen LogP) is 6.74. The molecule has 4 rings (SSSR count). The van der Waals surface area contributed by atoms with Gasteiger partial charge in [0.2, 0.25) is 0 Å². The van der Waals surface area contributed by atoms with Crippen LogP contribution in [0.5, 0.6) is 0 Å². The lowest BCUT2D eigenvalue weighted by atomic mass is 9.98. The van der Waals surface area contributed by atoms with Crippen molar-refractivity contribution in [1.82, 2.24) is 4.90 Å². The maximum absolute atomic E-state index is 14.9. The average molecular weight is 527 g/mol. The van der Waals surface area contributed by atoms with Crippen LogP contribution in [0.3, 0.4) is 0 Å². The zero-order valence-electron chi connectivity index (χ0n) is 19.7. The van der Waals surface area contributed by atoms with Crippen LogP contribution in [0.25, 0.3) is 0 Å². The molecule has 1 aliphatic carbocycles. The van der Waals surface area contributed by atoms with E-state index in [2.05, 4.69) is 4.90 Å². The predicted molar refractivity (Wildman–Crippen MR) is 135 cm³/mol. The monoisotopic (exact) mass is 525 g/mol. The molecule has 0 bridgehead atoms. The SMILES string of the molecule is CC(C)(C)OC(=O)c1cc(C2CC2)c(CN2CCC([S+]([O-])c3cc(Cl)cc(Cl)c3)CC2)cc1F. The van der Waals surface area contributed by atoms with E-state index in [1.165, 1.54) is 6.07 Å². The van der Waals surface area contributed by atoms with Gasteiger partial charge >= 0.3 is 5.97 Å². The molecular formula is C26H30Cl2FNO3S. The molecule has 184 valence electrons. The van der Waals surface area contributed by atoms with Gasteiger partial charge in [-0.05, 0) is 80.0 Å². The number of esters is 1. The maximum Gasteiger partial charge on any atom is 0.341 e. The molecule has 1 unspecified atom stereocenters. The van der Waals surface area contributed by atoms with E-state index in [1.54, 1.807) is 45.0 Å². The van der Waals surface area contributed by atoms with E-state index in [0.717, 1.165) is 49.9 Å². The Morgan fingerprint density at radius 1 is 1.09 bits per heavy atom. The van der Waals surface area contributed by atoms with Gasteiger partial charge in [-0.15, -0.1) is 0 Å². The number of likely N-dealkylation sites (tertiary alicyclic amines) is 1. The van der Waals surface area contributed by atoms with Crippen molar-refractivity contribution >= 4 is 40.3 Å². The summed E-state index contributed by atoms with van der Waals surface area (Å²) in [6.45, 7) is 7.47. The molecule has 2 fully saturated rings. The summed E-state index contributed by atoms with van der Waals surface area (Å²) in [7, 11) is 0. The second kappa shape index (κ2) is 10.4. The Hall–Kier alpha value is -1.31. The van der Waals surface area contributed by atoms with Gasteiger partial charge in [0.05, 0.1) is 5.56 Å². The Bertz CT molecular complexity index is 1040. The molecule has 1 heterocycles. The van der Waals surface area contributed by atoms with Crippen LogP contribution in [0, 0.1) is 5.82 Å². The van der Waals surface area contributed by atoms with Gasteiger partial charge in [-0.1, -0.05) is 23.2 Å². The topological polar surface area (TPSA) is 52.6 Å². The standard InChI is InChI=1S/C26H30Cl2FNO3S/c1-26(2,3)33-25(31)23-14-22(16-4-5-16)17(10-24(23)29)15-30-8-6-20(7-9-30)34(32)21-12-18(27)11-19(28)13-21/h10-14,16,20H,4-9,15H2,1-3H3. The fourth-order valence-corrected chi connectivity index (χ4v) is 6.56. The fourth-order valence-electron chi connectivity index (χ4n) is 4.39. The minimum absolute atomic E-state index is 0.00913. The number of hydrogen-bond donors (Lipinski definition) is 0. The van der Waals surface area contributed by atoms with Gasteiger partial charge in [0, 0.05) is 54.7 Å². The summed E-state index contributed by atoms with van der Waals surface area (Å²) in [6.07, 6.45) is 3.65. The Labute approximate surface area is 213 Å². The first-order valence-corrected chi connectivity index (χ1v) is 13.6. The van der Waals surface area contributed by atoms with Crippen LogP contribution in [0.2, 0.25) is 10.0 Å². The van der Waals surface area contributed by atoms with Crippen molar-refractivity contribution in [2.45, 2.75) is 74.7 Å². The van der Waals surface area contributed by atoms with Crippen molar-refractivity contribution in [3.05, 3.63) is 62.9 Å². The Balaban J connectivity index is 1.43. The number of benzene rings is 2. The number of rotatable bonds is 6. The fraction of sp³-hybridized carbons (Fsp3) is 0.500. The first kappa shape index (κ1) is 25.8. The summed E-state index contributed by atoms with van der Waals surface area (Å²) in [5.41, 5.74) is 1.30. The van der Waals surface area contributed by atoms with Gasteiger partial charge < -0.3 is 9.29 Å². The summed E-state index contributed by atoms with van der Waals surface area (Å²) in [6, 6.07) is 8.27. The highest BCUT2D eigenvalue weighted by Gasteiger charge is 2.33. The van der Waals surface area contributed by atoms with Gasteiger partial charge in [-0.2, -0.15) is 0 Å². The molecule has 0 spiro atoms. The van der Waals surface area contributed by atoms with Crippen molar-refractivity contribution in [3.8, 4) is 0 Å². The van der Waals surface area contributed by atoms with Gasteiger partial charge in [0.15, 0.2) is 4.90 Å². The third-order valence-corrected chi connectivity index (χ3v) is 8.38. The van der Waals surface area contributed by atoms with E-state index in [1.807, 2.05) is 0 Å². The molecule has 2 aromatic carbocycles. The van der Waals surface area contributed by atoms with Gasteiger partial charge in [0.1, 0.15) is 16.7 Å². The second-order valence-corrected chi connectivity index (χ2v) is 12.8. The first-order valence-electron chi connectivity index (χ1n) is 11.6. The summed E-state index contributed by atoms with van der Waals surface area (Å²) >= 11 is 11.0. The molecule has 34 heavy (non-hydrogen) atoms. The highest BCUT2D eigenvalue weighted by atomic mass is 35.5. The Morgan fingerprint density at radius 2 is 1.71 bits per heavy atom. The smallest absolute Gasteiger partial charge is 0.341 e. The summed E-state index contributed by atoms with van der Waals surface area (Å²) in [5, 5.41) is 0.996. The largest absolute Gasteiger partial charge is 0.611 e. The molecule has 0 radical (unpaired) electrons. The Morgan fingerprint density at radius 3 is 2.26 bits per heavy atom. The van der Waals surface area contributed by atoms with Gasteiger partial charge in [-0.3, -0.25) is 4.90 Å². The van der Waals surface area contributed by atoms with E-state index in [0.29, 0.717) is 27.4 Å². The third-order valence-electron chi connectivity index (χ3n) is 6.16. The molecule has 1 saturated heterocycles. The summed E-state index contributed by atoms with van der Waals surface area (Å²) in [5.74, 6) is -0.792. The van der Waals surface area contributed by atoms with Crippen LogP contribution >= 0.6 is 23.2 Å². The van der Waals surface area contributed by atoms with E-state index in [9.17, 15) is 13.7 Å². The van der Waals surface area contributed by atoms with Crippen molar-refractivity contribution in [2.24, 2.45) is 0 Å². The lowest BCUT2D eigenvalue weighted by Crippen LogP contribution is -2.39. The summed E-state index contributed by atoms with van der Waals surface area (Å²) in [4.78, 5) is 15.4. The molecule has 2 aliphatic rings. The number of piperidine rings is 1. The zero-order valence-corrected chi connectivity index (χ0v) is 22.0. The highest BCUT2D eigenvalue weighted by molar-refractivity contribution is 7.92. The minimum Gasteiger partial charge on any atom is -0.611 e. The molecule has 8 heteroatoms. The van der Waals surface area contributed by atoms with Gasteiger partial charge in [0.25, 0.3) is 0 Å². The molecular weight excluding hydrogens is 496 g/mol. The second-order valence-electron chi connectivity index (χ2n) is 10.2. The molecule has 1 atom stereocenters. The van der Waals surface area contributed by atoms with E-state index in [-0.39, 0.29) is 10.8 Å². The molecule has 0 aromatic heterocycles. The molecule has 0 N–H and O–H groups in total. The number of carbonyl (C=O) groups is 1. The molecule has 0 amide bonds. The summed E-state index contributed by atoms with van der Waals surface area (Å²) < 4.78 is 33.4. The minimum atomic E-state index is -1.18. The number of halogens is 3. The maximum atomic E-state index is 14.9. The van der Waals surface area contributed by atoms with Crippen molar-refractivity contribution in [1.29, 1.82) is 0 Å². The van der Waals surface area contributed by atoms with Crippen LogP contribution in [-0.2, 0) is 22.5 Å². The van der Waals surface area contributed by atoms with Crippen LogP contribution in [0.15, 0.2) is 35.2 Å². The van der Waals surface area contributed by atoms with Crippen LogP contribution in [-0.4, -0.2) is 39.4 Å². The Kier molecular flexibility index (Phi) is 7.85. The van der Waals surface area contributed by atoms with Gasteiger partial charge in [-0.25, -0.2) is 9.18 Å². The van der Waals surface area contributed by atoms with Crippen LogP contribution < -0.4 is 0 Å². The quantitative estimate of drug-likeness (QED) is 0.309. The molecule has 1 aliphatic heterocycles. The molecule has 2 aromatic rings.